The second-order valence-corrected chi connectivity index (χ2v) is 8.15. The average Bonchev–Trinajstić information content (AvgIpc) is 3.31. The largest absolute Gasteiger partial charge is 0.368 e. The van der Waals surface area contributed by atoms with Crippen molar-refractivity contribution in [2.24, 2.45) is 0 Å². The van der Waals surface area contributed by atoms with Gasteiger partial charge in [-0.25, -0.2) is 19.9 Å². The van der Waals surface area contributed by atoms with Gasteiger partial charge in [-0.1, -0.05) is 19.9 Å². The number of hydrogen-bond donors (Lipinski definition) is 2. The summed E-state index contributed by atoms with van der Waals surface area (Å²) >= 11 is 1.65. The molecule has 0 amide bonds. The Bertz CT molecular complexity index is 1290. The second-order valence-electron chi connectivity index (χ2n) is 7.15. The van der Waals surface area contributed by atoms with Gasteiger partial charge in [-0.2, -0.15) is 0 Å². The van der Waals surface area contributed by atoms with Crippen LogP contribution < -0.4 is 5.32 Å². The van der Waals surface area contributed by atoms with Gasteiger partial charge in [-0.3, -0.25) is 0 Å². The van der Waals surface area contributed by atoms with Crippen LogP contribution in [0.2, 0.25) is 0 Å². The maximum Gasteiger partial charge on any atom is 0.147 e. The molecule has 0 bridgehead atoms. The summed E-state index contributed by atoms with van der Waals surface area (Å²) < 4.78 is 1.07. The lowest BCUT2D eigenvalue weighted by atomic mass is 10.1. The van der Waals surface area contributed by atoms with Crippen LogP contribution in [0.15, 0.2) is 42.9 Å². The molecule has 6 nitrogen and oxygen atoms in total. The van der Waals surface area contributed by atoms with Gasteiger partial charge in [0.25, 0.3) is 0 Å². The SMILES string of the molecule is CC(C)c1nc(NCCc2ccc3[nH]cnc3c2)c2sc3ncccc3c2n1. The van der Waals surface area contributed by atoms with Crippen LogP contribution in [0.25, 0.3) is 31.5 Å². The van der Waals surface area contributed by atoms with Crippen LogP contribution in [0.4, 0.5) is 5.82 Å². The maximum absolute atomic E-state index is 4.83. The third kappa shape index (κ3) is 2.97. The number of fused-ring (bicyclic) bond motifs is 4. The van der Waals surface area contributed by atoms with E-state index in [1.54, 1.807) is 17.7 Å². The molecule has 0 unspecified atom stereocenters. The van der Waals surface area contributed by atoms with Gasteiger partial charge < -0.3 is 10.3 Å². The van der Waals surface area contributed by atoms with E-state index in [0.29, 0.717) is 0 Å². The summed E-state index contributed by atoms with van der Waals surface area (Å²) in [5.41, 5.74) is 4.31. The highest BCUT2D eigenvalue weighted by molar-refractivity contribution is 7.25. The first-order valence-corrected chi connectivity index (χ1v) is 10.2. The number of aromatic amines is 1. The van der Waals surface area contributed by atoms with Gasteiger partial charge in [0.2, 0.25) is 0 Å². The van der Waals surface area contributed by atoms with Crippen molar-refractivity contribution >= 4 is 48.6 Å². The molecular formula is C21H20N6S. The Morgan fingerprint density at radius 3 is 2.96 bits per heavy atom. The minimum absolute atomic E-state index is 0.263. The fourth-order valence-corrected chi connectivity index (χ4v) is 4.38. The summed E-state index contributed by atoms with van der Waals surface area (Å²) in [5.74, 6) is 2.02. The molecule has 0 spiro atoms. The number of hydrogen-bond acceptors (Lipinski definition) is 6. The summed E-state index contributed by atoms with van der Waals surface area (Å²) in [6.45, 7) is 5.04. The molecule has 2 N–H and O–H groups in total. The van der Waals surface area contributed by atoms with Crippen molar-refractivity contribution in [3.8, 4) is 0 Å². The lowest BCUT2D eigenvalue weighted by Crippen LogP contribution is -2.09. The number of rotatable bonds is 5. The van der Waals surface area contributed by atoms with Gasteiger partial charge in [0.1, 0.15) is 16.5 Å². The van der Waals surface area contributed by atoms with Crippen LogP contribution in [-0.4, -0.2) is 31.5 Å². The quantitative estimate of drug-likeness (QED) is 0.448. The van der Waals surface area contributed by atoms with Crippen molar-refractivity contribution in [3.63, 3.8) is 0 Å². The number of H-pyrrole nitrogens is 1. The molecule has 0 radical (unpaired) electrons. The highest BCUT2D eigenvalue weighted by atomic mass is 32.1. The summed E-state index contributed by atoms with van der Waals surface area (Å²) in [6, 6.07) is 10.4. The van der Waals surface area contributed by atoms with Crippen LogP contribution in [-0.2, 0) is 6.42 Å². The minimum atomic E-state index is 0.263. The van der Waals surface area contributed by atoms with E-state index in [1.807, 2.05) is 12.3 Å². The third-order valence-corrected chi connectivity index (χ3v) is 5.93. The van der Waals surface area contributed by atoms with E-state index in [-0.39, 0.29) is 5.92 Å². The van der Waals surface area contributed by atoms with E-state index in [9.17, 15) is 0 Å². The zero-order valence-electron chi connectivity index (χ0n) is 15.7. The molecule has 0 aliphatic carbocycles. The van der Waals surface area contributed by atoms with Crippen molar-refractivity contribution in [3.05, 3.63) is 54.2 Å². The molecule has 0 saturated carbocycles. The minimum Gasteiger partial charge on any atom is -0.368 e. The molecule has 7 heteroatoms. The maximum atomic E-state index is 4.83. The van der Waals surface area contributed by atoms with Crippen molar-refractivity contribution in [2.45, 2.75) is 26.2 Å². The van der Waals surface area contributed by atoms with Gasteiger partial charge in [-0.15, -0.1) is 11.3 Å². The number of pyridine rings is 1. The Kier molecular flexibility index (Phi) is 4.16. The summed E-state index contributed by atoms with van der Waals surface area (Å²) in [4.78, 5) is 22.6. The highest BCUT2D eigenvalue weighted by Crippen LogP contribution is 2.35. The Morgan fingerprint density at radius 2 is 2.07 bits per heavy atom. The number of nitrogens with zero attached hydrogens (tertiary/aromatic N) is 4. The molecule has 5 rings (SSSR count). The van der Waals surface area contributed by atoms with Crippen LogP contribution in [0.3, 0.4) is 0 Å². The van der Waals surface area contributed by atoms with E-state index in [2.05, 4.69) is 58.4 Å². The number of thiophene rings is 1. The molecule has 4 heterocycles. The number of anilines is 1. The number of aromatic nitrogens is 5. The van der Waals surface area contributed by atoms with E-state index in [4.69, 9.17) is 9.97 Å². The monoisotopic (exact) mass is 388 g/mol. The molecule has 4 aromatic heterocycles. The average molecular weight is 389 g/mol. The van der Waals surface area contributed by atoms with Gasteiger partial charge in [0.15, 0.2) is 0 Å². The fourth-order valence-electron chi connectivity index (χ4n) is 3.33. The Hall–Kier alpha value is -3.06. The third-order valence-electron chi connectivity index (χ3n) is 4.82. The van der Waals surface area contributed by atoms with Gasteiger partial charge in [-0.05, 0) is 36.2 Å². The molecule has 0 aliphatic rings. The molecule has 0 aliphatic heterocycles. The Labute approximate surface area is 166 Å². The Balaban J connectivity index is 1.46. The summed E-state index contributed by atoms with van der Waals surface area (Å²) in [5, 5.41) is 4.63. The topological polar surface area (TPSA) is 79.4 Å². The molecule has 5 aromatic rings. The van der Waals surface area contributed by atoms with Crippen molar-refractivity contribution in [1.82, 2.24) is 24.9 Å². The molecule has 140 valence electrons. The molecule has 0 atom stereocenters. The van der Waals surface area contributed by atoms with Gasteiger partial charge in [0.05, 0.1) is 27.6 Å². The van der Waals surface area contributed by atoms with E-state index in [0.717, 1.165) is 56.1 Å². The first-order chi connectivity index (χ1) is 13.7. The normalized spacial score (nSPS) is 11.8. The van der Waals surface area contributed by atoms with Crippen molar-refractivity contribution in [1.29, 1.82) is 0 Å². The molecule has 28 heavy (non-hydrogen) atoms. The zero-order valence-corrected chi connectivity index (χ0v) is 16.5. The predicted octanol–water partition coefficient (Wildman–Crippen LogP) is 4.89. The Morgan fingerprint density at radius 1 is 1.14 bits per heavy atom. The van der Waals surface area contributed by atoms with Crippen molar-refractivity contribution in [2.75, 3.05) is 11.9 Å². The van der Waals surface area contributed by atoms with Crippen LogP contribution in [0.5, 0.6) is 0 Å². The van der Waals surface area contributed by atoms with E-state index < -0.39 is 0 Å². The first-order valence-electron chi connectivity index (χ1n) is 9.40. The molecular weight excluding hydrogens is 368 g/mol. The lowest BCUT2D eigenvalue weighted by Gasteiger charge is -2.10. The zero-order chi connectivity index (χ0) is 19.1. The van der Waals surface area contributed by atoms with Crippen molar-refractivity contribution < 1.29 is 0 Å². The number of nitrogens with one attached hydrogen (secondary N) is 2. The lowest BCUT2D eigenvalue weighted by molar-refractivity contribution is 0.784. The molecule has 1 aromatic carbocycles. The smallest absolute Gasteiger partial charge is 0.147 e. The number of benzene rings is 1. The van der Waals surface area contributed by atoms with E-state index in [1.165, 1.54) is 5.56 Å². The first kappa shape index (κ1) is 17.1. The predicted molar refractivity (Wildman–Crippen MR) is 115 cm³/mol. The van der Waals surface area contributed by atoms with E-state index >= 15 is 0 Å². The van der Waals surface area contributed by atoms with Gasteiger partial charge >= 0.3 is 0 Å². The van der Waals surface area contributed by atoms with Crippen LogP contribution in [0, 0.1) is 0 Å². The van der Waals surface area contributed by atoms with Crippen LogP contribution >= 0.6 is 11.3 Å². The molecule has 0 fully saturated rings. The van der Waals surface area contributed by atoms with Gasteiger partial charge in [0, 0.05) is 24.0 Å². The standard InChI is InChI=1S/C21H20N6S/c1-12(2)19-26-17-14-4-3-8-23-21(14)28-18(17)20(27-19)22-9-7-13-5-6-15-16(10-13)25-11-24-15/h3-6,8,10-12H,7,9H2,1-2H3,(H,24,25)(H,22,26,27). The van der Waals surface area contributed by atoms with Crippen LogP contribution in [0.1, 0.15) is 31.2 Å². The number of imidazole rings is 1. The molecule has 0 saturated heterocycles. The highest BCUT2D eigenvalue weighted by Gasteiger charge is 2.15. The summed E-state index contributed by atoms with van der Waals surface area (Å²) in [6.07, 6.45) is 4.45. The summed E-state index contributed by atoms with van der Waals surface area (Å²) in [7, 11) is 0. The second kappa shape index (κ2) is 6.83. The fraction of sp³-hybridized carbons (Fsp3) is 0.238.